The summed E-state index contributed by atoms with van der Waals surface area (Å²) in [5, 5.41) is 0. The van der Waals surface area contributed by atoms with Gasteiger partial charge in [0.05, 0.1) is 17.6 Å². The van der Waals surface area contributed by atoms with Gasteiger partial charge in [0.2, 0.25) is 0 Å². The normalized spacial score (nSPS) is 11.1. The van der Waals surface area contributed by atoms with Gasteiger partial charge in [-0.1, -0.05) is 6.07 Å². The first-order valence-corrected chi connectivity index (χ1v) is 8.16. The number of nitrogens with zero attached hydrogens (tertiary/aromatic N) is 3. The largest absolute Gasteiger partial charge is 0.340 e. The number of benzene rings is 1. The van der Waals surface area contributed by atoms with Gasteiger partial charge in [-0.15, -0.1) is 0 Å². The summed E-state index contributed by atoms with van der Waals surface area (Å²) >= 11 is 0. The predicted octanol–water partition coefficient (Wildman–Crippen LogP) is 2.46. The van der Waals surface area contributed by atoms with Crippen molar-refractivity contribution in [3.63, 3.8) is 0 Å². The van der Waals surface area contributed by atoms with Crippen LogP contribution in [-0.2, 0) is 13.6 Å². The Morgan fingerprint density at radius 2 is 1.96 bits per heavy atom. The third-order valence-corrected chi connectivity index (χ3v) is 4.50. The van der Waals surface area contributed by atoms with E-state index in [1.165, 1.54) is 9.47 Å². The van der Waals surface area contributed by atoms with Crippen LogP contribution >= 0.6 is 0 Å². The van der Waals surface area contributed by atoms with Crippen molar-refractivity contribution >= 4 is 16.9 Å². The van der Waals surface area contributed by atoms with Crippen LogP contribution in [-0.4, -0.2) is 32.4 Å². The first-order valence-electron chi connectivity index (χ1n) is 8.16. The Kier molecular flexibility index (Phi) is 4.20. The van der Waals surface area contributed by atoms with Crippen LogP contribution < -0.4 is 5.56 Å². The minimum Gasteiger partial charge on any atom is -0.340 e. The van der Waals surface area contributed by atoms with Crippen molar-refractivity contribution in [3.8, 4) is 0 Å². The molecule has 0 fully saturated rings. The summed E-state index contributed by atoms with van der Waals surface area (Å²) in [5.74, 6) is 0.396. The molecule has 0 saturated heterocycles. The fourth-order valence-electron chi connectivity index (χ4n) is 2.98. The highest BCUT2D eigenvalue weighted by molar-refractivity contribution is 5.95. The lowest BCUT2D eigenvalue weighted by molar-refractivity contribution is 0.0779. The molecule has 0 bridgehead atoms. The maximum absolute atomic E-state index is 12.8. The molecule has 3 rings (SSSR count). The van der Waals surface area contributed by atoms with Gasteiger partial charge in [0.1, 0.15) is 11.4 Å². The Labute approximate surface area is 146 Å². The number of amides is 1. The number of aromatic amines is 1. The van der Waals surface area contributed by atoms with Crippen molar-refractivity contribution in [2.45, 2.75) is 27.3 Å². The second-order valence-electron chi connectivity index (χ2n) is 6.57. The molecule has 0 aliphatic heterocycles. The van der Waals surface area contributed by atoms with Gasteiger partial charge in [-0.05, 0) is 50.1 Å². The highest BCUT2D eigenvalue weighted by Crippen LogP contribution is 2.15. The highest BCUT2D eigenvalue weighted by Gasteiger charge is 2.21. The van der Waals surface area contributed by atoms with Crippen LogP contribution in [0.2, 0.25) is 0 Å². The maximum atomic E-state index is 12.8. The average Bonchev–Trinajstić information content (AvgIpc) is 2.93. The van der Waals surface area contributed by atoms with E-state index in [0.29, 0.717) is 17.9 Å². The predicted molar refractivity (Wildman–Crippen MR) is 97.8 cm³/mol. The number of imidazole rings is 1. The second-order valence-corrected chi connectivity index (χ2v) is 6.57. The first kappa shape index (κ1) is 17.0. The Morgan fingerprint density at radius 3 is 2.68 bits per heavy atom. The fourth-order valence-corrected chi connectivity index (χ4v) is 2.98. The van der Waals surface area contributed by atoms with E-state index in [0.717, 1.165) is 22.3 Å². The van der Waals surface area contributed by atoms with Gasteiger partial charge in [-0.3, -0.25) is 9.59 Å². The standard InChI is InChI=1S/C19H22N4O2/c1-11-6-7-14-15(8-11)21-16(20-14)10-22(4)18(24)17-12(2)9-13(3)23(5)19(17)25/h6-9H,10H2,1-5H3,(H,20,21). The van der Waals surface area contributed by atoms with Crippen LogP contribution in [0.4, 0.5) is 0 Å². The van der Waals surface area contributed by atoms with Gasteiger partial charge in [0.25, 0.3) is 11.5 Å². The number of H-pyrrole nitrogens is 1. The van der Waals surface area contributed by atoms with Crippen molar-refractivity contribution in [1.82, 2.24) is 19.4 Å². The molecule has 3 aromatic rings. The Hall–Kier alpha value is -2.89. The van der Waals surface area contributed by atoms with E-state index in [4.69, 9.17) is 0 Å². The minimum absolute atomic E-state index is 0.211. The van der Waals surface area contributed by atoms with Crippen molar-refractivity contribution in [3.05, 3.63) is 62.8 Å². The summed E-state index contributed by atoms with van der Waals surface area (Å²) in [6.45, 7) is 5.97. The molecule has 1 aromatic carbocycles. The summed E-state index contributed by atoms with van der Waals surface area (Å²) in [4.78, 5) is 34.5. The van der Waals surface area contributed by atoms with E-state index in [-0.39, 0.29) is 17.0 Å². The topological polar surface area (TPSA) is 71.0 Å². The smallest absolute Gasteiger partial charge is 0.263 e. The molecule has 0 spiro atoms. The van der Waals surface area contributed by atoms with Gasteiger partial charge in [-0.25, -0.2) is 4.98 Å². The van der Waals surface area contributed by atoms with Gasteiger partial charge in [0.15, 0.2) is 0 Å². The molecule has 2 heterocycles. The van der Waals surface area contributed by atoms with Crippen LogP contribution in [0.3, 0.4) is 0 Å². The zero-order valence-corrected chi connectivity index (χ0v) is 15.2. The molecule has 25 heavy (non-hydrogen) atoms. The molecule has 0 saturated carbocycles. The van der Waals surface area contributed by atoms with E-state index in [2.05, 4.69) is 9.97 Å². The number of aryl methyl sites for hydroxylation is 3. The molecule has 130 valence electrons. The summed E-state index contributed by atoms with van der Waals surface area (Å²) in [7, 11) is 3.36. The number of hydrogen-bond donors (Lipinski definition) is 1. The molecule has 6 heteroatoms. The summed E-state index contributed by atoms with van der Waals surface area (Å²) in [5.41, 5.74) is 4.41. The third kappa shape index (κ3) is 3.07. The van der Waals surface area contributed by atoms with Crippen LogP contribution in [0.25, 0.3) is 11.0 Å². The minimum atomic E-state index is -0.297. The molecule has 0 aliphatic rings. The van der Waals surface area contributed by atoms with E-state index in [1.54, 1.807) is 21.0 Å². The molecule has 0 aliphatic carbocycles. The number of nitrogens with one attached hydrogen (secondary N) is 1. The molecule has 1 amide bonds. The number of rotatable bonds is 3. The molecule has 0 atom stereocenters. The van der Waals surface area contributed by atoms with Crippen molar-refractivity contribution in [2.24, 2.45) is 7.05 Å². The van der Waals surface area contributed by atoms with E-state index in [1.807, 2.05) is 38.1 Å². The van der Waals surface area contributed by atoms with E-state index >= 15 is 0 Å². The molecule has 0 unspecified atom stereocenters. The fraction of sp³-hybridized carbons (Fsp3) is 0.316. The molecule has 0 radical (unpaired) electrons. The second kappa shape index (κ2) is 6.20. The third-order valence-electron chi connectivity index (χ3n) is 4.50. The summed E-state index contributed by atoms with van der Waals surface area (Å²) < 4.78 is 1.50. The Balaban J connectivity index is 1.90. The van der Waals surface area contributed by atoms with Gasteiger partial charge < -0.3 is 14.5 Å². The quantitative estimate of drug-likeness (QED) is 0.797. The van der Waals surface area contributed by atoms with Crippen molar-refractivity contribution in [1.29, 1.82) is 0 Å². The number of carbonyl (C=O) groups excluding carboxylic acids is 1. The number of carbonyl (C=O) groups is 1. The van der Waals surface area contributed by atoms with Crippen LogP contribution in [0.15, 0.2) is 29.1 Å². The van der Waals surface area contributed by atoms with E-state index in [9.17, 15) is 9.59 Å². The van der Waals surface area contributed by atoms with E-state index < -0.39 is 0 Å². The summed E-state index contributed by atoms with van der Waals surface area (Å²) in [6, 6.07) is 7.83. The monoisotopic (exact) mass is 338 g/mol. The highest BCUT2D eigenvalue weighted by atomic mass is 16.2. The van der Waals surface area contributed by atoms with Gasteiger partial charge in [0, 0.05) is 19.8 Å². The molecule has 2 aromatic heterocycles. The molecule has 1 N–H and O–H groups in total. The van der Waals surface area contributed by atoms with Gasteiger partial charge in [-0.2, -0.15) is 0 Å². The van der Waals surface area contributed by atoms with Crippen LogP contribution in [0.1, 0.15) is 33.0 Å². The lowest BCUT2D eigenvalue weighted by Gasteiger charge is -2.18. The molecular formula is C19H22N4O2. The van der Waals surface area contributed by atoms with Crippen molar-refractivity contribution < 1.29 is 4.79 Å². The number of aromatic nitrogens is 3. The maximum Gasteiger partial charge on any atom is 0.263 e. The van der Waals surface area contributed by atoms with Crippen LogP contribution in [0.5, 0.6) is 0 Å². The zero-order chi connectivity index (χ0) is 18.3. The molecule has 6 nitrogen and oxygen atoms in total. The lowest BCUT2D eigenvalue weighted by Crippen LogP contribution is -2.35. The lowest BCUT2D eigenvalue weighted by atomic mass is 10.1. The van der Waals surface area contributed by atoms with Crippen molar-refractivity contribution in [2.75, 3.05) is 7.05 Å². The SMILES string of the molecule is Cc1ccc2nc(CN(C)C(=O)c3c(C)cc(C)n(C)c3=O)[nH]c2c1. The number of pyridine rings is 1. The zero-order valence-electron chi connectivity index (χ0n) is 15.2. The Bertz CT molecular complexity index is 1030. The first-order chi connectivity index (χ1) is 11.8. The summed E-state index contributed by atoms with van der Waals surface area (Å²) in [6.07, 6.45) is 0. The number of hydrogen-bond acceptors (Lipinski definition) is 3. The average molecular weight is 338 g/mol. The Morgan fingerprint density at radius 1 is 1.24 bits per heavy atom. The number of fused-ring (bicyclic) bond motifs is 1. The van der Waals surface area contributed by atoms with Crippen LogP contribution in [0, 0.1) is 20.8 Å². The van der Waals surface area contributed by atoms with Gasteiger partial charge >= 0.3 is 0 Å². The molecular weight excluding hydrogens is 316 g/mol.